The smallest absolute Gasteiger partial charge is 0.382 e. The van der Waals surface area contributed by atoms with Crippen LogP contribution in [-0.2, 0) is 23.1 Å². The van der Waals surface area contributed by atoms with Gasteiger partial charge < -0.3 is 13.8 Å². The Morgan fingerprint density at radius 3 is 2.33 bits per heavy atom. The highest BCUT2D eigenvalue weighted by Crippen LogP contribution is 2.51. The van der Waals surface area contributed by atoms with Crippen LogP contribution in [0.4, 0.5) is 0 Å². The summed E-state index contributed by atoms with van der Waals surface area (Å²) in [6, 6.07) is 0. The van der Waals surface area contributed by atoms with E-state index in [2.05, 4.69) is 18.8 Å². The molecule has 6 heteroatoms. The van der Waals surface area contributed by atoms with Crippen LogP contribution in [0.5, 0.6) is 0 Å². The van der Waals surface area contributed by atoms with Crippen LogP contribution < -0.4 is 0 Å². The van der Waals surface area contributed by atoms with E-state index in [1.54, 1.807) is 0 Å². The van der Waals surface area contributed by atoms with E-state index >= 15 is 0 Å². The Hall–Kier alpha value is -0.820. The molecule has 0 heterocycles. The summed E-state index contributed by atoms with van der Waals surface area (Å²) in [5, 5.41) is 0. The normalized spacial score (nSPS) is 12.4. The first-order chi connectivity index (χ1) is 8.50. The first-order valence-corrected chi connectivity index (χ1v) is 7.48. The predicted octanol–water partition coefficient (Wildman–Crippen LogP) is 2.95. The van der Waals surface area contributed by atoms with Gasteiger partial charge in [0.1, 0.15) is 0 Å². The second kappa shape index (κ2) is 9.16. The van der Waals surface area contributed by atoms with Crippen LogP contribution in [0, 0.1) is 11.8 Å². The maximum Gasteiger partial charge on any atom is 0.382 e. The number of hydrogen-bond acceptors (Lipinski definition) is 5. The van der Waals surface area contributed by atoms with Gasteiger partial charge in [-0.15, -0.1) is 0 Å². The summed E-state index contributed by atoms with van der Waals surface area (Å²) < 4.78 is 26.5. The van der Waals surface area contributed by atoms with Crippen molar-refractivity contribution in [3.8, 4) is 11.8 Å². The van der Waals surface area contributed by atoms with Crippen molar-refractivity contribution in [3.63, 3.8) is 0 Å². The van der Waals surface area contributed by atoms with Gasteiger partial charge in [0, 0.05) is 27.6 Å². The van der Waals surface area contributed by atoms with E-state index in [1.165, 1.54) is 21.1 Å². The molecule has 0 spiro atoms. The van der Waals surface area contributed by atoms with Crippen LogP contribution in [0.1, 0.15) is 39.5 Å². The van der Waals surface area contributed by atoms with Gasteiger partial charge in [-0.25, -0.2) is 0 Å². The molecule has 0 amide bonds. The highest BCUT2D eigenvalue weighted by atomic mass is 31.2. The monoisotopic (exact) mass is 276 g/mol. The zero-order valence-electron chi connectivity index (χ0n) is 11.4. The molecule has 0 radical (unpaired) electrons. The molecule has 0 aliphatic heterocycles. The summed E-state index contributed by atoms with van der Waals surface area (Å²) in [5.74, 6) is 3.75. The van der Waals surface area contributed by atoms with Gasteiger partial charge in [0.2, 0.25) is 0 Å². The van der Waals surface area contributed by atoms with Gasteiger partial charge in [0.25, 0.3) is 5.85 Å². The molecule has 0 aromatic carbocycles. The zero-order valence-corrected chi connectivity index (χ0v) is 12.3. The lowest BCUT2D eigenvalue weighted by Gasteiger charge is -2.19. The molecule has 0 unspecified atom stereocenters. The van der Waals surface area contributed by atoms with E-state index in [0.717, 1.165) is 19.3 Å². The Balaban J connectivity index is 4.68. The third-order valence-corrected chi connectivity index (χ3v) is 4.03. The number of ether oxygens (including phenoxy) is 1. The van der Waals surface area contributed by atoms with E-state index in [1.807, 2.05) is 0 Å². The standard InChI is InChI=1S/C12H21O5P/c1-5-6-7-8-9-10-12(17-11(2)13)18(14,15-3)16-4/h12H,5-8H2,1-4H3/t12-/m0/s1. The number of rotatable bonds is 7. The maximum absolute atomic E-state index is 12.1. The highest BCUT2D eigenvalue weighted by molar-refractivity contribution is 7.54. The number of unbranched alkanes of at least 4 members (excludes halogenated alkanes) is 3. The first kappa shape index (κ1) is 17.2. The third kappa shape index (κ3) is 6.20. The fraction of sp³-hybridized carbons (Fsp3) is 0.750. The van der Waals surface area contributed by atoms with Crippen molar-refractivity contribution < 1.29 is 23.1 Å². The summed E-state index contributed by atoms with van der Waals surface area (Å²) in [4.78, 5) is 10.9. The summed E-state index contributed by atoms with van der Waals surface area (Å²) >= 11 is 0. The minimum atomic E-state index is -3.52. The molecule has 0 saturated carbocycles. The van der Waals surface area contributed by atoms with E-state index in [9.17, 15) is 9.36 Å². The summed E-state index contributed by atoms with van der Waals surface area (Å²) in [7, 11) is -1.05. The molecule has 0 rings (SSSR count). The number of carbonyl (C=O) groups excluding carboxylic acids is 1. The quantitative estimate of drug-likeness (QED) is 0.309. The minimum Gasteiger partial charge on any atom is -0.436 e. The number of esters is 1. The van der Waals surface area contributed by atoms with Crippen molar-refractivity contribution in [2.24, 2.45) is 0 Å². The average molecular weight is 276 g/mol. The second-order valence-electron chi connectivity index (χ2n) is 3.64. The van der Waals surface area contributed by atoms with E-state index in [0.29, 0.717) is 6.42 Å². The van der Waals surface area contributed by atoms with Crippen LogP contribution in [0.2, 0.25) is 0 Å². The van der Waals surface area contributed by atoms with Crippen molar-refractivity contribution in [1.82, 2.24) is 0 Å². The van der Waals surface area contributed by atoms with Gasteiger partial charge in [-0.3, -0.25) is 9.36 Å². The fourth-order valence-electron chi connectivity index (χ4n) is 1.22. The SMILES string of the molecule is CCCCCC#C[C@@H](OC(C)=O)P(=O)(OC)OC. The Morgan fingerprint density at radius 1 is 1.28 bits per heavy atom. The maximum atomic E-state index is 12.1. The Bertz CT molecular complexity index is 347. The first-order valence-electron chi connectivity index (χ1n) is 5.87. The molecular weight excluding hydrogens is 255 g/mol. The van der Waals surface area contributed by atoms with Gasteiger partial charge in [-0.05, 0) is 12.3 Å². The van der Waals surface area contributed by atoms with E-state index in [4.69, 9.17) is 13.8 Å². The third-order valence-electron chi connectivity index (χ3n) is 2.20. The molecule has 0 fully saturated rings. The van der Waals surface area contributed by atoms with Gasteiger partial charge in [0.15, 0.2) is 0 Å². The lowest BCUT2D eigenvalue weighted by Crippen LogP contribution is -2.16. The van der Waals surface area contributed by atoms with Crippen LogP contribution in [0.15, 0.2) is 0 Å². The minimum absolute atomic E-state index is 0.572. The number of carbonyl (C=O) groups is 1. The molecule has 1 atom stereocenters. The van der Waals surface area contributed by atoms with Crippen LogP contribution in [-0.4, -0.2) is 26.0 Å². The van der Waals surface area contributed by atoms with Gasteiger partial charge in [-0.2, -0.15) is 0 Å². The van der Waals surface area contributed by atoms with Crippen molar-refractivity contribution >= 4 is 13.6 Å². The Labute approximate surface area is 109 Å². The highest BCUT2D eigenvalue weighted by Gasteiger charge is 2.35. The molecule has 0 aromatic rings. The van der Waals surface area contributed by atoms with E-state index in [-0.39, 0.29) is 0 Å². The Morgan fingerprint density at radius 2 is 1.89 bits per heavy atom. The molecule has 0 bridgehead atoms. The average Bonchev–Trinajstić information content (AvgIpc) is 2.35. The van der Waals surface area contributed by atoms with E-state index < -0.39 is 19.4 Å². The molecule has 18 heavy (non-hydrogen) atoms. The molecule has 0 aliphatic carbocycles. The van der Waals surface area contributed by atoms with Crippen LogP contribution in [0.25, 0.3) is 0 Å². The van der Waals surface area contributed by atoms with Crippen molar-refractivity contribution in [2.45, 2.75) is 45.4 Å². The van der Waals surface area contributed by atoms with Crippen molar-refractivity contribution in [2.75, 3.05) is 14.2 Å². The predicted molar refractivity (Wildman–Crippen MR) is 69.1 cm³/mol. The number of hydrogen-bond donors (Lipinski definition) is 0. The summed E-state index contributed by atoms with van der Waals surface area (Å²) in [6.45, 7) is 3.32. The van der Waals surface area contributed by atoms with Gasteiger partial charge >= 0.3 is 13.6 Å². The molecule has 5 nitrogen and oxygen atoms in total. The molecule has 0 aromatic heterocycles. The molecule has 0 N–H and O–H groups in total. The fourth-order valence-corrected chi connectivity index (χ4v) is 2.28. The zero-order chi connectivity index (χ0) is 14.0. The van der Waals surface area contributed by atoms with Crippen LogP contribution >= 0.6 is 7.60 Å². The summed E-state index contributed by atoms with van der Waals surface area (Å²) in [5.41, 5.74) is 0. The van der Waals surface area contributed by atoms with Crippen molar-refractivity contribution in [3.05, 3.63) is 0 Å². The lowest BCUT2D eigenvalue weighted by molar-refractivity contribution is -0.141. The van der Waals surface area contributed by atoms with Crippen LogP contribution in [0.3, 0.4) is 0 Å². The second-order valence-corrected chi connectivity index (χ2v) is 5.92. The molecular formula is C12H21O5P. The lowest BCUT2D eigenvalue weighted by atomic mass is 10.2. The van der Waals surface area contributed by atoms with Gasteiger partial charge in [0.05, 0.1) is 0 Å². The summed E-state index contributed by atoms with van der Waals surface area (Å²) in [6.07, 6.45) is 3.81. The molecule has 0 aliphatic rings. The Kier molecular flexibility index (Phi) is 8.74. The largest absolute Gasteiger partial charge is 0.436 e. The van der Waals surface area contributed by atoms with Gasteiger partial charge in [-0.1, -0.05) is 25.7 Å². The van der Waals surface area contributed by atoms with Crippen molar-refractivity contribution in [1.29, 1.82) is 0 Å². The molecule has 104 valence electrons. The molecule has 0 saturated heterocycles. The topological polar surface area (TPSA) is 61.8 Å².